The Hall–Kier alpha value is -1.46. The van der Waals surface area contributed by atoms with Crippen LogP contribution >= 0.6 is 0 Å². The largest absolute Gasteiger partial charge is 0.364 e. The lowest BCUT2D eigenvalue weighted by Gasteiger charge is -2.06. The van der Waals surface area contributed by atoms with Crippen molar-refractivity contribution in [1.29, 1.82) is 0 Å². The summed E-state index contributed by atoms with van der Waals surface area (Å²) in [7, 11) is 0. The van der Waals surface area contributed by atoms with Crippen molar-refractivity contribution < 1.29 is 8.78 Å². The lowest BCUT2D eigenvalue weighted by atomic mass is 10.5. The van der Waals surface area contributed by atoms with Crippen molar-refractivity contribution in [3.63, 3.8) is 0 Å². The van der Waals surface area contributed by atoms with Crippen LogP contribution < -0.4 is 10.6 Å². The molecule has 1 aromatic rings. The third-order valence-electron chi connectivity index (χ3n) is 1.43. The van der Waals surface area contributed by atoms with Gasteiger partial charge in [0, 0.05) is 12.7 Å². The minimum atomic E-state index is -2.38. The second kappa shape index (κ2) is 5.31. The molecule has 0 unspecified atom stereocenters. The van der Waals surface area contributed by atoms with Gasteiger partial charge in [-0.1, -0.05) is 0 Å². The first kappa shape index (κ1) is 10.6. The van der Waals surface area contributed by atoms with E-state index in [4.69, 9.17) is 0 Å². The quantitative estimate of drug-likeness (QED) is 0.761. The predicted molar refractivity (Wildman–Crippen MR) is 50.7 cm³/mol. The van der Waals surface area contributed by atoms with Gasteiger partial charge >= 0.3 is 0 Å². The van der Waals surface area contributed by atoms with E-state index in [0.717, 1.165) is 0 Å². The molecule has 1 heterocycles. The van der Waals surface area contributed by atoms with Gasteiger partial charge in [0.05, 0.1) is 6.54 Å². The van der Waals surface area contributed by atoms with E-state index in [1.165, 1.54) is 6.20 Å². The van der Waals surface area contributed by atoms with Crippen LogP contribution in [0, 0.1) is 0 Å². The average Bonchev–Trinajstić information content (AvgIpc) is 2.16. The van der Waals surface area contributed by atoms with Gasteiger partial charge in [0.2, 0.25) is 5.95 Å². The summed E-state index contributed by atoms with van der Waals surface area (Å²) in [6.45, 7) is 2.20. The second-order valence-corrected chi connectivity index (χ2v) is 2.57. The topological polar surface area (TPSA) is 49.8 Å². The highest BCUT2D eigenvalue weighted by atomic mass is 19.3. The minimum absolute atomic E-state index is 0.399. The van der Waals surface area contributed by atoms with Crippen molar-refractivity contribution in [3.05, 3.63) is 12.3 Å². The standard InChI is InChI=1S/C8H12F2N4/c1-2-11-8-12-4-3-7(14-8)13-5-6(9)10/h3-4,6H,2,5H2,1H3,(H2,11,12,13,14). The third-order valence-corrected chi connectivity index (χ3v) is 1.43. The molecule has 0 aromatic carbocycles. The first-order valence-corrected chi connectivity index (χ1v) is 4.31. The molecule has 78 valence electrons. The van der Waals surface area contributed by atoms with E-state index in [0.29, 0.717) is 18.3 Å². The van der Waals surface area contributed by atoms with E-state index in [1.54, 1.807) is 6.07 Å². The summed E-state index contributed by atoms with van der Waals surface area (Å²) in [6.07, 6.45) is -0.869. The van der Waals surface area contributed by atoms with Gasteiger partial charge < -0.3 is 10.6 Å². The Morgan fingerprint density at radius 1 is 1.43 bits per heavy atom. The Labute approximate surface area is 80.8 Å². The lowest BCUT2D eigenvalue weighted by molar-refractivity contribution is 0.163. The van der Waals surface area contributed by atoms with Crippen LogP contribution in [-0.4, -0.2) is 29.5 Å². The molecule has 2 N–H and O–H groups in total. The molecule has 1 rings (SSSR count). The van der Waals surface area contributed by atoms with Gasteiger partial charge in [-0.2, -0.15) is 4.98 Å². The maximum Gasteiger partial charge on any atom is 0.255 e. The molecule has 0 fully saturated rings. The van der Waals surface area contributed by atoms with Crippen LogP contribution in [0.15, 0.2) is 12.3 Å². The number of nitrogens with zero attached hydrogens (tertiary/aromatic N) is 2. The summed E-state index contributed by atoms with van der Waals surface area (Å²) >= 11 is 0. The number of anilines is 2. The molecule has 0 aliphatic heterocycles. The zero-order valence-corrected chi connectivity index (χ0v) is 7.80. The van der Waals surface area contributed by atoms with Crippen molar-refractivity contribution in [2.75, 3.05) is 23.7 Å². The van der Waals surface area contributed by atoms with E-state index in [2.05, 4.69) is 20.6 Å². The Morgan fingerprint density at radius 2 is 2.21 bits per heavy atom. The Balaban J connectivity index is 2.54. The number of rotatable bonds is 5. The Morgan fingerprint density at radius 3 is 2.86 bits per heavy atom. The normalized spacial score (nSPS) is 10.3. The van der Waals surface area contributed by atoms with Gasteiger partial charge in [-0.3, -0.25) is 0 Å². The number of halogens is 2. The molecule has 6 heteroatoms. The summed E-state index contributed by atoms with van der Waals surface area (Å²) in [4.78, 5) is 7.87. The van der Waals surface area contributed by atoms with Crippen molar-refractivity contribution in [2.45, 2.75) is 13.3 Å². The van der Waals surface area contributed by atoms with Gasteiger partial charge in [-0.15, -0.1) is 0 Å². The molecule has 0 atom stereocenters. The molecule has 0 bridgehead atoms. The fourth-order valence-corrected chi connectivity index (χ4v) is 0.882. The van der Waals surface area contributed by atoms with Gasteiger partial charge in [0.1, 0.15) is 5.82 Å². The van der Waals surface area contributed by atoms with E-state index in [-0.39, 0.29) is 0 Å². The molecule has 0 spiro atoms. The number of nitrogens with one attached hydrogen (secondary N) is 2. The van der Waals surface area contributed by atoms with Crippen LogP contribution in [0.2, 0.25) is 0 Å². The number of hydrogen-bond acceptors (Lipinski definition) is 4. The highest BCUT2D eigenvalue weighted by Gasteiger charge is 2.02. The fourth-order valence-electron chi connectivity index (χ4n) is 0.882. The molecule has 0 aliphatic rings. The molecule has 1 aromatic heterocycles. The van der Waals surface area contributed by atoms with E-state index >= 15 is 0 Å². The van der Waals surface area contributed by atoms with Crippen LogP contribution in [0.3, 0.4) is 0 Å². The van der Waals surface area contributed by atoms with E-state index in [1.807, 2.05) is 6.92 Å². The molecule has 0 aliphatic carbocycles. The van der Waals surface area contributed by atoms with Crippen molar-refractivity contribution in [1.82, 2.24) is 9.97 Å². The van der Waals surface area contributed by atoms with Crippen molar-refractivity contribution >= 4 is 11.8 Å². The maximum atomic E-state index is 11.8. The van der Waals surface area contributed by atoms with Crippen LogP contribution in [0.5, 0.6) is 0 Å². The summed E-state index contributed by atoms with van der Waals surface area (Å²) in [5.74, 6) is 0.836. The summed E-state index contributed by atoms with van der Waals surface area (Å²) in [5.41, 5.74) is 0. The smallest absolute Gasteiger partial charge is 0.255 e. The summed E-state index contributed by atoms with van der Waals surface area (Å²) < 4.78 is 23.7. The van der Waals surface area contributed by atoms with E-state index in [9.17, 15) is 8.78 Å². The molecule has 0 amide bonds. The first-order chi connectivity index (χ1) is 6.72. The zero-order valence-electron chi connectivity index (χ0n) is 7.80. The molecular weight excluding hydrogens is 190 g/mol. The van der Waals surface area contributed by atoms with E-state index < -0.39 is 13.0 Å². The SMILES string of the molecule is CCNc1nccc(NCC(F)F)n1. The minimum Gasteiger partial charge on any atom is -0.364 e. The molecule has 0 radical (unpaired) electrons. The highest BCUT2D eigenvalue weighted by molar-refractivity contribution is 5.39. The summed E-state index contributed by atoms with van der Waals surface area (Å²) in [6, 6.07) is 1.54. The Bertz CT molecular complexity index is 280. The van der Waals surface area contributed by atoms with Gasteiger partial charge in [0.25, 0.3) is 6.43 Å². The van der Waals surface area contributed by atoms with Crippen LogP contribution in [0.25, 0.3) is 0 Å². The Kier molecular flexibility index (Phi) is 4.03. The fraction of sp³-hybridized carbons (Fsp3) is 0.500. The molecule has 0 saturated carbocycles. The number of aromatic nitrogens is 2. The average molecular weight is 202 g/mol. The van der Waals surface area contributed by atoms with Gasteiger partial charge in [-0.25, -0.2) is 13.8 Å². The highest BCUT2D eigenvalue weighted by Crippen LogP contribution is 2.05. The van der Waals surface area contributed by atoms with Gasteiger partial charge in [0.15, 0.2) is 0 Å². The number of alkyl halides is 2. The summed E-state index contributed by atoms with van der Waals surface area (Å²) in [5, 5.41) is 5.39. The molecule has 4 nitrogen and oxygen atoms in total. The second-order valence-electron chi connectivity index (χ2n) is 2.57. The monoisotopic (exact) mass is 202 g/mol. The third kappa shape index (κ3) is 3.51. The van der Waals surface area contributed by atoms with Crippen LogP contribution in [0.4, 0.5) is 20.5 Å². The zero-order chi connectivity index (χ0) is 10.4. The number of hydrogen-bond donors (Lipinski definition) is 2. The molecular formula is C8H12F2N4. The van der Waals surface area contributed by atoms with Crippen LogP contribution in [0.1, 0.15) is 6.92 Å². The predicted octanol–water partition coefficient (Wildman–Crippen LogP) is 1.59. The van der Waals surface area contributed by atoms with Crippen molar-refractivity contribution in [3.8, 4) is 0 Å². The first-order valence-electron chi connectivity index (χ1n) is 4.31. The maximum absolute atomic E-state index is 11.8. The van der Waals surface area contributed by atoms with Gasteiger partial charge in [-0.05, 0) is 13.0 Å². The molecule has 0 saturated heterocycles. The van der Waals surface area contributed by atoms with Crippen LogP contribution in [-0.2, 0) is 0 Å². The molecule has 14 heavy (non-hydrogen) atoms. The lowest BCUT2D eigenvalue weighted by Crippen LogP contribution is -2.12. The van der Waals surface area contributed by atoms with Crippen molar-refractivity contribution in [2.24, 2.45) is 0 Å².